The Kier molecular flexibility index (Phi) is 3.99. The van der Waals surface area contributed by atoms with Gasteiger partial charge < -0.3 is 20.8 Å². The standard InChI is InChI=1S/C13H15N3O4/c14-8(2-1-3-11(17)18)7-4-5-9-10(6-7)16-13(20)12(19)15-9/h4-6,8H,1-3,14H2,(H,15,19)(H,16,20)(H,17,18). The molecule has 0 radical (unpaired) electrons. The molecule has 0 bridgehead atoms. The lowest BCUT2D eigenvalue weighted by atomic mass is 10.0. The van der Waals surface area contributed by atoms with Crippen molar-refractivity contribution in [3.63, 3.8) is 0 Å². The zero-order chi connectivity index (χ0) is 14.7. The molecule has 1 aromatic heterocycles. The van der Waals surface area contributed by atoms with Crippen molar-refractivity contribution >= 4 is 17.0 Å². The van der Waals surface area contributed by atoms with E-state index < -0.39 is 17.1 Å². The summed E-state index contributed by atoms with van der Waals surface area (Å²) in [5.74, 6) is -0.849. The predicted molar refractivity (Wildman–Crippen MR) is 73.6 cm³/mol. The van der Waals surface area contributed by atoms with Crippen molar-refractivity contribution in [2.24, 2.45) is 5.73 Å². The molecule has 106 valence electrons. The van der Waals surface area contributed by atoms with Crippen LogP contribution in [0.5, 0.6) is 0 Å². The van der Waals surface area contributed by atoms with E-state index in [1.165, 1.54) is 0 Å². The van der Waals surface area contributed by atoms with Crippen LogP contribution in [0.4, 0.5) is 0 Å². The minimum Gasteiger partial charge on any atom is -0.481 e. The second kappa shape index (κ2) is 5.70. The van der Waals surface area contributed by atoms with Gasteiger partial charge in [0.1, 0.15) is 0 Å². The van der Waals surface area contributed by atoms with Crippen LogP contribution in [0.15, 0.2) is 27.8 Å². The van der Waals surface area contributed by atoms with Crippen LogP contribution < -0.4 is 16.9 Å². The number of aromatic nitrogens is 2. The molecule has 2 aromatic rings. The number of hydrogen-bond donors (Lipinski definition) is 4. The van der Waals surface area contributed by atoms with Crippen molar-refractivity contribution in [1.82, 2.24) is 9.97 Å². The van der Waals surface area contributed by atoms with E-state index in [1.54, 1.807) is 18.2 Å². The van der Waals surface area contributed by atoms with Crippen LogP contribution in [0, 0.1) is 0 Å². The summed E-state index contributed by atoms with van der Waals surface area (Å²) in [6.45, 7) is 0. The van der Waals surface area contributed by atoms with E-state index in [1.807, 2.05) is 0 Å². The van der Waals surface area contributed by atoms with Crippen LogP contribution in [-0.4, -0.2) is 21.0 Å². The van der Waals surface area contributed by atoms with Gasteiger partial charge in [-0.25, -0.2) is 0 Å². The minimum atomic E-state index is -0.849. The zero-order valence-electron chi connectivity index (χ0n) is 10.7. The molecule has 1 unspecified atom stereocenters. The first-order valence-corrected chi connectivity index (χ1v) is 6.21. The summed E-state index contributed by atoms with van der Waals surface area (Å²) in [4.78, 5) is 37.8. The van der Waals surface area contributed by atoms with Crippen LogP contribution in [0.2, 0.25) is 0 Å². The SMILES string of the molecule is NC(CCCC(=O)O)c1ccc2[nH]c(=O)c(=O)[nH]c2c1. The Balaban J connectivity index is 2.22. The molecule has 0 spiro atoms. The van der Waals surface area contributed by atoms with Gasteiger partial charge in [0.2, 0.25) is 0 Å². The van der Waals surface area contributed by atoms with Crippen LogP contribution >= 0.6 is 0 Å². The van der Waals surface area contributed by atoms with Gasteiger partial charge in [-0.2, -0.15) is 0 Å². The Morgan fingerprint density at radius 1 is 1.20 bits per heavy atom. The second-order valence-electron chi connectivity index (χ2n) is 4.61. The Morgan fingerprint density at radius 3 is 2.50 bits per heavy atom. The molecule has 2 rings (SSSR count). The number of aromatic amines is 2. The van der Waals surface area contributed by atoms with Gasteiger partial charge in [-0.05, 0) is 30.5 Å². The number of nitrogens with one attached hydrogen (secondary N) is 2. The van der Waals surface area contributed by atoms with Crippen molar-refractivity contribution in [2.45, 2.75) is 25.3 Å². The van der Waals surface area contributed by atoms with Crippen LogP contribution in [0.25, 0.3) is 11.0 Å². The Labute approximate surface area is 113 Å². The molecule has 7 nitrogen and oxygen atoms in total. The summed E-state index contributed by atoms with van der Waals surface area (Å²) in [6, 6.07) is 4.80. The monoisotopic (exact) mass is 277 g/mol. The average Bonchev–Trinajstić information content (AvgIpc) is 2.39. The largest absolute Gasteiger partial charge is 0.481 e. The molecule has 0 fully saturated rings. The molecular formula is C13H15N3O4. The van der Waals surface area contributed by atoms with Gasteiger partial charge >= 0.3 is 17.1 Å². The maximum atomic E-state index is 11.3. The Bertz CT molecular complexity index is 747. The van der Waals surface area contributed by atoms with Gasteiger partial charge in [0.05, 0.1) is 11.0 Å². The lowest BCUT2D eigenvalue weighted by molar-refractivity contribution is -0.137. The number of rotatable bonds is 5. The number of nitrogens with two attached hydrogens (primary N) is 1. The van der Waals surface area contributed by atoms with Crippen molar-refractivity contribution in [2.75, 3.05) is 0 Å². The second-order valence-corrected chi connectivity index (χ2v) is 4.61. The van der Waals surface area contributed by atoms with E-state index in [-0.39, 0.29) is 12.5 Å². The summed E-state index contributed by atoms with van der Waals surface area (Å²) in [5.41, 5.74) is 6.38. The molecule has 1 aromatic carbocycles. The molecule has 0 saturated carbocycles. The van der Waals surface area contributed by atoms with Gasteiger partial charge in [0.15, 0.2) is 0 Å². The maximum Gasteiger partial charge on any atom is 0.314 e. The van der Waals surface area contributed by atoms with E-state index >= 15 is 0 Å². The van der Waals surface area contributed by atoms with Crippen LogP contribution in [0.3, 0.4) is 0 Å². The van der Waals surface area contributed by atoms with E-state index in [9.17, 15) is 14.4 Å². The fraction of sp³-hybridized carbons (Fsp3) is 0.308. The van der Waals surface area contributed by atoms with E-state index in [4.69, 9.17) is 10.8 Å². The lowest BCUT2D eigenvalue weighted by Gasteiger charge is -2.12. The third kappa shape index (κ3) is 3.12. The molecule has 1 atom stereocenters. The third-order valence-corrected chi connectivity index (χ3v) is 3.08. The number of benzene rings is 1. The number of H-pyrrole nitrogens is 2. The molecule has 0 saturated heterocycles. The molecule has 1 heterocycles. The lowest BCUT2D eigenvalue weighted by Crippen LogP contribution is -2.29. The molecular weight excluding hydrogens is 262 g/mol. The van der Waals surface area contributed by atoms with Gasteiger partial charge in [-0.1, -0.05) is 6.07 Å². The number of carboxylic acids is 1. The summed E-state index contributed by atoms with van der Waals surface area (Å²) in [5, 5.41) is 8.58. The highest BCUT2D eigenvalue weighted by molar-refractivity contribution is 5.74. The average molecular weight is 277 g/mol. The van der Waals surface area contributed by atoms with Crippen molar-refractivity contribution in [3.05, 3.63) is 44.5 Å². The van der Waals surface area contributed by atoms with Crippen LogP contribution in [0.1, 0.15) is 30.9 Å². The minimum absolute atomic E-state index is 0.0748. The molecule has 0 aliphatic rings. The van der Waals surface area contributed by atoms with Gasteiger partial charge in [0.25, 0.3) is 0 Å². The van der Waals surface area contributed by atoms with Crippen molar-refractivity contribution < 1.29 is 9.90 Å². The highest BCUT2D eigenvalue weighted by Crippen LogP contribution is 2.19. The number of aliphatic carboxylic acids is 1. The molecule has 0 amide bonds. The smallest absolute Gasteiger partial charge is 0.314 e. The topological polar surface area (TPSA) is 129 Å². The number of carboxylic acid groups (broad SMARTS) is 1. The first-order valence-electron chi connectivity index (χ1n) is 6.21. The van der Waals surface area contributed by atoms with Gasteiger partial charge in [0, 0.05) is 12.5 Å². The van der Waals surface area contributed by atoms with E-state index in [0.29, 0.717) is 23.9 Å². The van der Waals surface area contributed by atoms with Gasteiger partial charge in [-0.15, -0.1) is 0 Å². The highest BCUT2D eigenvalue weighted by atomic mass is 16.4. The third-order valence-electron chi connectivity index (χ3n) is 3.08. The van der Waals surface area contributed by atoms with Crippen LogP contribution in [-0.2, 0) is 4.79 Å². The Hall–Kier alpha value is -2.41. The molecule has 5 N–H and O–H groups in total. The normalized spacial score (nSPS) is 12.4. The zero-order valence-corrected chi connectivity index (χ0v) is 10.7. The predicted octanol–water partition coefficient (Wildman–Crippen LogP) is 0.471. The van der Waals surface area contributed by atoms with E-state index in [2.05, 4.69) is 9.97 Å². The summed E-state index contributed by atoms with van der Waals surface area (Å²) < 4.78 is 0. The first kappa shape index (κ1) is 14.0. The number of hydrogen-bond acceptors (Lipinski definition) is 4. The van der Waals surface area contributed by atoms with E-state index in [0.717, 1.165) is 5.56 Å². The van der Waals surface area contributed by atoms with Crippen molar-refractivity contribution in [1.29, 1.82) is 0 Å². The highest BCUT2D eigenvalue weighted by Gasteiger charge is 2.09. The van der Waals surface area contributed by atoms with Crippen molar-refractivity contribution in [3.8, 4) is 0 Å². The summed E-state index contributed by atoms with van der Waals surface area (Å²) in [7, 11) is 0. The Morgan fingerprint density at radius 2 is 1.85 bits per heavy atom. The summed E-state index contributed by atoms with van der Waals surface area (Å²) in [6.07, 6.45) is 1.09. The fourth-order valence-corrected chi connectivity index (χ4v) is 2.00. The maximum absolute atomic E-state index is 11.3. The molecule has 7 heteroatoms. The van der Waals surface area contributed by atoms with Gasteiger partial charge in [-0.3, -0.25) is 14.4 Å². The first-order chi connectivity index (χ1) is 9.47. The summed E-state index contributed by atoms with van der Waals surface area (Å²) >= 11 is 0. The molecule has 0 aliphatic carbocycles. The molecule has 0 aliphatic heterocycles. The fourth-order valence-electron chi connectivity index (χ4n) is 2.00. The molecule has 20 heavy (non-hydrogen) atoms. The number of carbonyl (C=O) groups is 1. The quantitative estimate of drug-likeness (QED) is 0.590. The number of fused-ring (bicyclic) bond motifs is 1.